The first-order valence-electron chi connectivity index (χ1n) is 4.61. The van der Waals surface area contributed by atoms with Crippen LogP contribution in [0.25, 0.3) is 0 Å². The average Bonchev–Trinajstić information content (AvgIpc) is 2.23. The number of hydrogen-bond donors (Lipinski definition) is 0. The van der Waals surface area contributed by atoms with Crippen molar-refractivity contribution in [1.82, 2.24) is 4.90 Å². The molecule has 12 heavy (non-hydrogen) atoms. The summed E-state index contributed by atoms with van der Waals surface area (Å²) in [5.41, 5.74) is -0.148. The van der Waals surface area contributed by atoms with Crippen molar-refractivity contribution in [3.05, 3.63) is 0 Å². The van der Waals surface area contributed by atoms with Gasteiger partial charge in [0.2, 0.25) is 0 Å². The van der Waals surface area contributed by atoms with Gasteiger partial charge in [-0.15, -0.1) is 11.6 Å². The minimum Gasteiger partial charge on any atom is -0.362 e. The first-order valence-corrected chi connectivity index (χ1v) is 5.05. The molecule has 2 aliphatic rings. The zero-order valence-corrected chi connectivity index (χ0v) is 8.47. The van der Waals surface area contributed by atoms with E-state index in [0.717, 1.165) is 13.0 Å². The second-order valence-corrected chi connectivity index (χ2v) is 4.45. The first kappa shape index (κ1) is 8.79. The summed E-state index contributed by atoms with van der Waals surface area (Å²) in [6, 6.07) is 0. The lowest BCUT2D eigenvalue weighted by Gasteiger charge is -2.39. The van der Waals surface area contributed by atoms with E-state index in [1.807, 2.05) is 0 Å². The van der Waals surface area contributed by atoms with Crippen LogP contribution in [0.3, 0.4) is 0 Å². The largest absolute Gasteiger partial charge is 0.362 e. The quantitative estimate of drug-likeness (QED) is 0.582. The number of rotatable bonds is 1. The molecule has 3 unspecified atom stereocenters. The van der Waals surface area contributed by atoms with Gasteiger partial charge >= 0.3 is 0 Å². The molecule has 0 N–H and O–H groups in total. The molecule has 0 aromatic heterocycles. The van der Waals surface area contributed by atoms with Crippen molar-refractivity contribution in [2.45, 2.75) is 30.4 Å². The second-order valence-electron chi connectivity index (χ2n) is 3.98. The van der Waals surface area contributed by atoms with Gasteiger partial charge in [0.05, 0.1) is 5.38 Å². The van der Waals surface area contributed by atoms with E-state index >= 15 is 0 Å². The van der Waals surface area contributed by atoms with Gasteiger partial charge in [-0.05, 0) is 32.2 Å². The molecular weight excluding hydrogens is 174 g/mol. The number of ether oxygens (including phenoxy) is 1. The van der Waals surface area contributed by atoms with Gasteiger partial charge in [-0.1, -0.05) is 0 Å². The second kappa shape index (κ2) is 2.86. The molecular formula is C9H16ClNO. The number of methoxy groups -OCH3 is 1. The summed E-state index contributed by atoms with van der Waals surface area (Å²) in [5, 5.41) is 0.196. The summed E-state index contributed by atoms with van der Waals surface area (Å²) in [4.78, 5) is 2.28. The summed E-state index contributed by atoms with van der Waals surface area (Å²) >= 11 is 6.37. The van der Waals surface area contributed by atoms with Gasteiger partial charge in [-0.25, -0.2) is 0 Å². The van der Waals surface area contributed by atoms with Crippen molar-refractivity contribution in [2.75, 3.05) is 20.7 Å². The number of nitrogens with zero attached hydrogens (tertiary/aromatic N) is 1. The molecule has 70 valence electrons. The van der Waals surface area contributed by atoms with Crippen LogP contribution in [0.4, 0.5) is 0 Å². The van der Waals surface area contributed by atoms with Gasteiger partial charge in [-0.3, -0.25) is 4.90 Å². The molecule has 1 aliphatic heterocycles. The van der Waals surface area contributed by atoms with E-state index in [1.54, 1.807) is 7.11 Å². The average molecular weight is 190 g/mol. The van der Waals surface area contributed by atoms with Gasteiger partial charge in [0.1, 0.15) is 5.72 Å². The van der Waals surface area contributed by atoms with Crippen molar-refractivity contribution in [2.24, 2.45) is 5.92 Å². The molecule has 0 radical (unpaired) electrons. The van der Waals surface area contributed by atoms with Crippen LogP contribution in [-0.2, 0) is 4.74 Å². The van der Waals surface area contributed by atoms with E-state index in [1.165, 1.54) is 12.8 Å². The van der Waals surface area contributed by atoms with Gasteiger partial charge in [0.25, 0.3) is 0 Å². The van der Waals surface area contributed by atoms with Crippen LogP contribution in [-0.4, -0.2) is 36.7 Å². The molecule has 2 rings (SSSR count). The SMILES string of the molecule is COC12CCCC(CN1C)C2Cl. The fraction of sp³-hybridized carbons (Fsp3) is 1.00. The zero-order valence-electron chi connectivity index (χ0n) is 7.72. The summed E-state index contributed by atoms with van der Waals surface area (Å²) in [6.07, 6.45) is 3.61. The Labute approximate surface area is 78.8 Å². The third-order valence-corrected chi connectivity index (χ3v) is 4.16. The highest BCUT2D eigenvalue weighted by Gasteiger charge is 2.53. The lowest BCUT2D eigenvalue weighted by Crippen LogP contribution is -2.50. The zero-order chi connectivity index (χ0) is 8.77. The Morgan fingerprint density at radius 1 is 1.58 bits per heavy atom. The summed E-state index contributed by atoms with van der Waals surface area (Å²) < 4.78 is 5.59. The molecule has 1 heterocycles. The van der Waals surface area contributed by atoms with Gasteiger partial charge in [0, 0.05) is 13.7 Å². The predicted octanol–water partition coefficient (Wildman–Crippen LogP) is 1.68. The van der Waals surface area contributed by atoms with E-state index < -0.39 is 0 Å². The standard InChI is InChI=1S/C9H16ClNO/c1-11-6-7-4-3-5-9(11,12-2)8(7)10/h7-8H,3-6H2,1-2H3. The third kappa shape index (κ3) is 0.949. The lowest BCUT2D eigenvalue weighted by molar-refractivity contribution is -0.109. The maximum absolute atomic E-state index is 6.37. The molecule has 2 bridgehead atoms. The van der Waals surface area contributed by atoms with Crippen LogP contribution in [0, 0.1) is 5.92 Å². The first-order chi connectivity index (χ1) is 5.70. The summed E-state index contributed by atoms with van der Waals surface area (Å²) in [6.45, 7) is 1.10. The van der Waals surface area contributed by atoms with E-state index in [2.05, 4.69) is 11.9 Å². The summed E-state index contributed by atoms with van der Waals surface area (Å²) in [5.74, 6) is 0.644. The molecule has 1 saturated heterocycles. The Bertz CT molecular complexity index is 187. The minimum atomic E-state index is -0.148. The monoisotopic (exact) mass is 189 g/mol. The Balaban J connectivity index is 2.27. The molecule has 0 amide bonds. The number of hydrogen-bond acceptors (Lipinski definition) is 2. The Morgan fingerprint density at radius 2 is 2.33 bits per heavy atom. The Kier molecular flexibility index (Phi) is 2.10. The maximum Gasteiger partial charge on any atom is 0.137 e. The topological polar surface area (TPSA) is 12.5 Å². The minimum absolute atomic E-state index is 0.148. The molecule has 3 heteroatoms. The normalized spacial score (nSPS) is 48.2. The van der Waals surface area contributed by atoms with E-state index in [9.17, 15) is 0 Å². The van der Waals surface area contributed by atoms with Crippen LogP contribution in [0.2, 0.25) is 0 Å². The predicted molar refractivity (Wildman–Crippen MR) is 49.4 cm³/mol. The van der Waals surface area contributed by atoms with E-state index in [-0.39, 0.29) is 11.1 Å². The van der Waals surface area contributed by atoms with Crippen molar-refractivity contribution in [1.29, 1.82) is 0 Å². The number of halogens is 1. The van der Waals surface area contributed by atoms with Crippen LogP contribution in [0.1, 0.15) is 19.3 Å². The van der Waals surface area contributed by atoms with E-state index in [4.69, 9.17) is 16.3 Å². The van der Waals surface area contributed by atoms with Crippen molar-refractivity contribution >= 4 is 11.6 Å². The van der Waals surface area contributed by atoms with Gasteiger partial charge in [-0.2, -0.15) is 0 Å². The highest BCUT2D eigenvalue weighted by molar-refractivity contribution is 6.21. The number of fused-ring (bicyclic) bond motifs is 2. The highest BCUT2D eigenvalue weighted by atomic mass is 35.5. The van der Waals surface area contributed by atoms with Gasteiger partial charge in [0.15, 0.2) is 0 Å². The maximum atomic E-state index is 6.37. The molecule has 2 nitrogen and oxygen atoms in total. The fourth-order valence-electron chi connectivity index (χ4n) is 2.73. The van der Waals surface area contributed by atoms with Crippen molar-refractivity contribution in [3.63, 3.8) is 0 Å². The summed E-state index contributed by atoms with van der Waals surface area (Å²) in [7, 11) is 3.89. The van der Waals surface area contributed by atoms with Gasteiger partial charge < -0.3 is 4.74 Å². The molecule has 1 aliphatic carbocycles. The Hall–Kier alpha value is 0.210. The molecule has 3 atom stereocenters. The smallest absolute Gasteiger partial charge is 0.137 e. The van der Waals surface area contributed by atoms with Crippen LogP contribution in [0.5, 0.6) is 0 Å². The molecule has 0 spiro atoms. The Morgan fingerprint density at radius 3 is 2.92 bits per heavy atom. The number of likely N-dealkylation sites (tertiary alicyclic amines) is 1. The van der Waals surface area contributed by atoms with E-state index in [0.29, 0.717) is 5.92 Å². The van der Waals surface area contributed by atoms with Crippen molar-refractivity contribution < 1.29 is 4.74 Å². The molecule has 2 fully saturated rings. The third-order valence-electron chi connectivity index (χ3n) is 3.46. The number of alkyl halides is 1. The molecule has 0 aromatic carbocycles. The van der Waals surface area contributed by atoms with Crippen LogP contribution >= 0.6 is 11.6 Å². The highest BCUT2D eigenvalue weighted by Crippen LogP contribution is 2.46. The van der Waals surface area contributed by atoms with Crippen LogP contribution < -0.4 is 0 Å². The lowest BCUT2D eigenvalue weighted by atomic mass is 9.87. The van der Waals surface area contributed by atoms with Crippen molar-refractivity contribution in [3.8, 4) is 0 Å². The molecule has 0 aromatic rings. The molecule has 1 saturated carbocycles. The fourth-order valence-corrected chi connectivity index (χ4v) is 3.30. The van der Waals surface area contributed by atoms with Crippen LogP contribution in [0.15, 0.2) is 0 Å².